The molecule has 3 aromatic rings. The average Bonchev–Trinajstić information content (AvgIpc) is 2.85. The van der Waals surface area contributed by atoms with Gasteiger partial charge < -0.3 is 16.0 Å². The van der Waals surface area contributed by atoms with Crippen molar-refractivity contribution in [3.63, 3.8) is 0 Å². The minimum Gasteiger partial charge on any atom is -0.400 e. The smallest absolute Gasteiger partial charge is 0.0725 e. The highest BCUT2D eigenvalue weighted by Crippen LogP contribution is 2.39. The lowest BCUT2D eigenvalue weighted by atomic mass is 9.97. The first kappa shape index (κ1) is 12.5. The quantitative estimate of drug-likeness (QED) is 0.625. The average molecular weight is 340 g/mol. The van der Waals surface area contributed by atoms with Gasteiger partial charge in [-0.15, -0.1) is 0 Å². The first-order chi connectivity index (χ1) is 10.2. The number of anilines is 1. The zero-order valence-electron chi connectivity index (χ0n) is 11.3. The standard InChI is InChI=1S/C17H14BrN3/c18-11-6-7-14-12(8-11)16-17(21-14)15(13(19)9-20-16)10-4-2-1-3-5-10/h1-8,20-21H,9,19H2. The molecule has 0 fully saturated rings. The fourth-order valence-electron chi connectivity index (χ4n) is 2.90. The zero-order chi connectivity index (χ0) is 14.4. The van der Waals surface area contributed by atoms with Crippen LogP contribution in [-0.4, -0.2) is 11.5 Å². The predicted molar refractivity (Wildman–Crippen MR) is 91.1 cm³/mol. The molecule has 104 valence electrons. The summed E-state index contributed by atoms with van der Waals surface area (Å²) >= 11 is 3.54. The van der Waals surface area contributed by atoms with Crippen LogP contribution in [0.25, 0.3) is 16.5 Å². The molecule has 21 heavy (non-hydrogen) atoms. The predicted octanol–water partition coefficient (Wildman–Crippen LogP) is 4.07. The van der Waals surface area contributed by atoms with Crippen LogP contribution in [0.4, 0.5) is 5.69 Å². The molecule has 3 nitrogen and oxygen atoms in total. The molecule has 2 heterocycles. The van der Waals surface area contributed by atoms with Crippen LogP contribution in [0.15, 0.2) is 58.7 Å². The van der Waals surface area contributed by atoms with Gasteiger partial charge in [0.15, 0.2) is 0 Å². The molecule has 0 spiro atoms. The summed E-state index contributed by atoms with van der Waals surface area (Å²) in [6.07, 6.45) is 0. The van der Waals surface area contributed by atoms with Gasteiger partial charge in [-0.2, -0.15) is 0 Å². The van der Waals surface area contributed by atoms with Crippen molar-refractivity contribution in [1.29, 1.82) is 0 Å². The monoisotopic (exact) mass is 339 g/mol. The number of aromatic amines is 1. The molecular formula is C17H14BrN3. The van der Waals surface area contributed by atoms with Gasteiger partial charge in [-0.3, -0.25) is 0 Å². The van der Waals surface area contributed by atoms with Gasteiger partial charge in [-0.25, -0.2) is 0 Å². The number of halogens is 1. The van der Waals surface area contributed by atoms with E-state index in [1.54, 1.807) is 0 Å². The highest BCUT2D eigenvalue weighted by atomic mass is 79.9. The lowest BCUT2D eigenvalue weighted by Gasteiger charge is -2.20. The highest BCUT2D eigenvalue weighted by Gasteiger charge is 2.22. The van der Waals surface area contributed by atoms with E-state index in [0.29, 0.717) is 6.54 Å². The van der Waals surface area contributed by atoms with E-state index in [9.17, 15) is 0 Å². The van der Waals surface area contributed by atoms with E-state index >= 15 is 0 Å². The van der Waals surface area contributed by atoms with Crippen LogP contribution >= 0.6 is 15.9 Å². The Bertz CT molecular complexity index is 862. The summed E-state index contributed by atoms with van der Waals surface area (Å²) in [5.74, 6) is 0. The van der Waals surface area contributed by atoms with Gasteiger partial charge in [0.25, 0.3) is 0 Å². The number of hydrogen-bond acceptors (Lipinski definition) is 2. The van der Waals surface area contributed by atoms with Gasteiger partial charge in [0.2, 0.25) is 0 Å². The van der Waals surface area contributed by atoms with Crippen LogP contribution in [-0.2, 0) is 0 Å². The van der Waals surface area contributed by atoms with E-state index in [2.05, 4.69) is 50.5 Å². The van der Waals surface area contributed by atoms with E-state index in [1.807, 2.05) is 24.3 Å². The Hall–Kier alpha value is -2.20. The minimum absolute atomic E-state index is 0.663. The van der Waals surface area contributed by atoms with Crippen molar-refractivity contribution in [3.05, 3.63) is 70.0 Å². The second kappa shape index (κ2) is 4.67. The number of H-pyrrole nitrogens is 1. The van der Waals surface area contributed by atoms with E-state index < -0.39 is 0 Å². The highest BCUT2D eigenvalue weighted by molar-refractivity contribution is 9.10. The summed E-state index contributed by atoms with van der Waals surface area (Å²) in [6.45, 7) is 0.663. The van der Waals surface area contributed by atoms with Crippen LogP contribution < -0.4 is 11.1 Å². The third-order valence-electron chi connectivity index (χ3n) is 3.85. The van der Waals surface area contributed by atoms with Crippen LogP contribution in [0.2, 0.25) is 0 Å². The van der Waals surface area contributed by atoms with E-state index in [-0.39, 0.29) is 0 Å². The number of aromatic nitrogens is 1. The van der Waals surface area contributed by atoms with Crippen LogP contribution in [0.3, 0.4) is 0 Å². The van der Waals surface area contributed by atoms with Crippen molar-refractivity contribution in [2.75, 3.05) is 11.9 Å². The molecule has 0 saturated heterocycles. The number of benzene rings is 2. The normalized spacial score (nSPS) is 14.1. The molecule has 1 aromatic heterocycles. The van der Waals surface area contributed by atoms with E-state index in [1.165, 1.54) is 5.39 Å². The largest absolute Gasteiger partial charge is 0.400 e. The Labute approximate surface area is 131 Å². The Morgan fingerprint density at radius 1 is 1.05 bits per heavy atom. The third kappa shape index (κ3) is 1.94. The lowest BCUT2D eigenvalue weighted by Crippen LogP contribution is -2.19. The molecule has 4 heteroatoms. The SMILES string of the molecule is NC1=C(c2ccccc2)c2[nH]c3ccc(Br)cc3c2NC1. The maximum atomic E-state index is 6.27. The Kier molecular flexibility index (Phi) is 2.79. The first-order valence-corrected chi connectivity index (χ1v) is 7.63. The van der Waals surface area contributed by atoms with Gasteiger partial charge in [0.05, 0.1) is 17.9 Å². The minimum atomic E-state index is 0.663. The lowest BCUT2D eigenvalue weighted by molar-refractivity contribution is 1.13. The van der Waals surface area contributed by atoms with Crippen LogP contribution in [0, 0.1) is 0 Å². The topological polar surface area (TPSA) is 53.8 Å². The summed E-state index contributed by atoms with van der Waals surface area (Å²) in [7, 11) is 0. The molecule has 1 aliphatic heterocycles. The van der Waals surface area contributed by atoms with Crippen molar-refractivity contribution >= 4 is 38.1 Å². The summed E-state index contributed by atoms with van der Waals surface area (Å²) in [6, 6.07) is 16.5. The molecule has 0 unspecified atom stereocenters. The van der Waals surface area contributed by atoms with E-state index in [4.69, 9.17) is 5.73 Å². The van der Waals surface area contributed by atoms with Crippen LogP contribution in [0.5, 0.6) is 0 Å². The summed E-state index contributed by atoms with van der Waals surface area (Å²) < 4.78 is 1.07. The van der Waals surface area contributed by atoms with Crippen LogP contribution in [0.1, 0.15) is 11.3 Å². The van der Waals surface area contributed by atoms with Gasteiger partial charge in [-0.1, -0.05) is 46.3 Å². The van der Waals surface area contributed by atoms with Crippen molar-refractivity contribution < 1.29 is 0 Å². The van der Waals surface area contributed by atoms with Gasteiger partial charge in [0.1, 0.15) is 0 Å². The van der Waals surface area contributed by atoms with Crippen molar-refractivity contribution in [3.8, 4) is 0 Å². The first-order valence-electron chi connectivity index (χ1n) is 6.83. The summed E-state index contributed by atoms with van der Waals surface area (Å²) in [5, 5.41) is 4.61. The Morgan fingerprint density at radius 3 is 2.67 bits per heavy atom. The molecule has 1 aliphatic rings. The fraction of sp³-hybridized carbons (Fsp3) is 0.0588. The molecule has 2 aromatic carbocycles. The van der Waals surface area contributed by atoms with Crippen molar-refractivity contribution in [1.82, 2.24) is 4.98 Å². The molecular weight excluding hydrogens is 326 g/mol. The Morgan fingerprint density at radius 2 is 1.86 bits per heavy atom. The second-order valence-electron chi connectivity index (χ2n) is 5.18. The summed E-state index contributed by atoms with van der Waals surface area (Å²) in [4.78, 5) is 3.50. The van der Waals surface area contributed by atoms with E-state index in [0.717, 1.165) is 38.2 Å². The number of nitrogens with two attached hydrogens (primary N) is 1. The van der Waals surface area contributed by atoms with Gasteiger partial charge >= 0.3 is 0 Å². The van der Waals surface area contributed by atoms with Gasteiger partial charge in [0, 0.05) is 26.6 Å². The molecule has 0 amide bonds. The summed E-state index contributed by atoms with van der Waals surface area (Å²) in [5.41, 5.74) is 12.7. The molecule has 0 aliphatic carbocycles. The van der Waals surface area contributed by atoms with Gasteiger partial charge in [-0.05, 0) is 23.8 Å². The molecule has 0 saturated carbocycles. The third-order valence-corrected chi connectivity index (χ3v) is 4.34. The molecule has 4 N–H and O–H groups in total. The number of rotatable bonds is 1. The fourth-order valence-corrected chi connectivity index (χ4v) is 3.26. The molecule has 0 bridgehead atoms. The maximum absolute atomic E-state index is 6.27. The second-order valence-corrected chi connectivity index (χ2v) is 6.10. The van der Waals surface area contributed by atoms with Crippen molar-refractivity contribution in [2.24, 2.45) is 5.73 Å². The molecule has 4 rings (SSSR count). The number of fused-ring (bicyclic) bond motifs is 3. The zero-order valence-corrected chi connectivity index (χ0v) is 12.9. The van der Waals surface area contributed by atoms with Crippen molar-refractivity contribution in [2.45, 2.75) is 0 Å². The Balaban J connectivity index is 2.00. The maximum Gasteiger partial charge on any atom is 0.0725 e. The number of hydrogen-bond donors (Lipinski definition) is 3. The number of nitrogens with one attached hydrogen (secondary N) is 2. The molecule has 0 radical (unpaired) electrons. The molecule has 0 atom stereocenters.